The molecular weight excluding hydrogens is 344 g/mol. The van der Waals surface area contributed by atoms with Gasteiger partial charge < -0.3 is 24.8 Å². The Morgan fingerprint density at radius 3 is 2.06 bits per heavy atom. The molecule has 0 saturated carbocycles. The molecular formula is C14H19Cl2NZr. The molecule has 0 atom stereocenters. The fraction of sp³-hybridized carbons (Fsp3) is 0.429. The van der Waals surface area contributed by atoms with Gasteiger partial charge in [0.1, 0.15) is 0 Å². The average Bonchev–Trinajstić information content (AvgIpc) is 2.78. The summed E-state index contributed by atoms with van der Waals surface area (Å²) < 4.78 is 3.21. The van der Waals surface area contributed by atoms with Crippen LogP contribution < -0.4 is 28.2 Å². The molecule has 4 heteroatoms. The molecule has 0 spiro atoms. The third kappa shape index (κ3) is 3.03. The van der Waals surface area contributed by atoms with Gasteiger partial charge in [-0.2, -0.15) is 0 Å². The molecule has 1 N–H and O–H groups in total. The summed E-state index contributed by atoms with van der Waals surface area (Å²) in [5.74, 6) is 0. The number of hydrogen-bond donors (Lipinski definition) is 1. The first kappa shape index (κ1) is 18.2. The Hall–Kier alpha value is 0.223. The van der Waals surface area contributed by atoms with Gasteiger partial charge in [0.25, 0.3) is 0 Å². The van der Waals surface area contributed by atoms with Crippen molar-refractivity contribution < 1.29 is 48.0 Å². The minimum atomic E-state index is -0.632. The molecule has 1 nitrogen and oxygen atoms in total. The first-order chi connectivity index (χ1) is 7.44. The average molecular weight is 363 g/mol. The maximum absolute atomic E-state index is 3.37. The van der Waals surface area contributed by atoms with Crippen LogP contribution in [0.1, 0.15) is 34.6 Å². The van der Waals surface area contributed by atoms with Gasteiger partial charge in [-0.3, -0.25) is 0 Å². The number of rotatable bonds is 2. The van der Waals surface area contributed by atoms with Crippen LogP contribution in [-0.2, 0) is 23.2 Å². The van der Waals surface area contributed by atoms with E-state index in [-0.39, 0.29) is 24.8 Å². The van der Waals surface area contributed by atoms with E-state index in [9.17, 15) is 0 Å². The molecule has 0 aliphatic heterocycles. The van der Waals surface area contributed by atoms with Crippen LogP contribution >= 0.6 is 0 Å². The van der Waals surface area contributed by atoms with E-state index in [1.807, 2.05) is 6.20 Å². The zero-order valence-corrected chi connectivity index (χ0v) is 15.5. The summed E-state index contributed by atoms with van der Waals surface area (Å²) in [4.78, 5) is 3.37. The molecule has 0 aromatic carbocycles. The second-order valence-corrected chi connectivity index (χ2v) is 8.25. The van der Waals surface area contributed by atoms with E-state index in [1.165, 1.54) is 8.97 Å². The Kier molecular flexibility index (Phi) is 6.67. The SMILES string of the molecule is CC1=C(C)C(C)(C)[C]([Zr+2][c]2ccc[nH]2)=C1C.[Cl-].[Cl-]. The summed E-state index contributed by atoms with van der Waals surface area (Å²) in [5, 5.41) is 0. The number of halogens is 2. The summed E-state index contributed by atoms with van der Waals surface area (Å²) in [6, 6.07) is 4.35. The maximum Gasteiger partial charge on any atom is -1.00 e. The number of hydrogen-bond acceptors (Lipinski definition) is 0. The molecule has 1 aromatic heterocycles. The van der Waals surface area contributed by atoms with Crippen molar-refractivity contribution in [1.29, 1.82) is 0 Å². The number of H-pyrrole nitrogens is 1. The molecule has 0 saturated heterocycles. The van der Waals surface area contributed by atoms with Crippen LogP contribution in [0.4, 0.5) is 0 Å². The van der Waals surface area contributed by atoms with Crippen molar-refractivity contribution in [3.63, 3.8) is 0 Å². The van der Waals surface area contributed by atoms with Gasteiger partial charge in [-0.15, -0.1) is 0 Å². The van der Waals surface area contributed by atoms with E-state index in [4.69, 9.17) is 0 Å². The topological polar surface area (TPSA) is 15.8 Å². The Morgan fingerprint density at radius 1 is 1.06 bits per heavy atom. The predicted molar refractivity (Wildman–Crippen MR) is 65.3 cm³/mol. The van der Waals surface area contributed by atoms with Gasteiger partial charge in [0.2, 0.25) is 0 Å². The molecule has 18 heavy (non-hydrogen) atoms. The van der Waals surface area contributed by atoms with Crippen LogP contribution in [0.2, 0.25) is 0 Å². The van der Waals surface area contributed by atoms with E-state index in [0.29, 0.717) is 5.41 Å². The normalized spacial score (nSPS) is 17.2. The minimum Gasteiger partial charge on any atom is -1.00 e. The molecule has 1 aliphatic carbocycles. The molecule has 1 aliphatic rings. The van der Waals surface area contributed by atoms with Crippen molar-refractivity contribution in [2.45, 2.75) is 34.6 Å². The monoisotopic (exact) mass is 361 g/mol. The Bertz CT molecular complexity index is 470. The van der Waals surface area contributed by atoms with Gasteiger partial charge in [-0.25, -0.2) is 0 Å². The van der Waals surface area contributed by atoms with Crippen LogP contribution in [0.3, 0.4) is 0 Å². The fourth-order valence-corrected chi connectivity index (χ4v) is 6.02. The van der Waals surface area contributed by atoms with Crippen molar-refractivity contribution in [1.82, 2.24) is 4.98 Å². The van der Waals surface area contributed by atoms with Crippen molar-refractivity contribution in [2.24, 2.45) is 5.41 Å². The first-order valence-electron chi connectivity index (χ1n) is 5.74. The van der Waals surface area contributed by atoms with Crippen molar-refractivity contribution in [3.05, 3.63) is 38.3 Å². The molecule has 1 aromatic rings. The standard InChI is InChI=1S/C10H15.C4H4N.2ClH.Zr/c1-7-6-10(4,5)9(3)8(7)2;1-2-4-5-3-1;;;/h1-5H3;1-3,5H;2*1H;/q;;;;+2/p-2. The number of nitrogens with one attached hydrogen (secondary N) is 1. The Labute approximate surface area is 134 Å². The Morgan fingerprint density at radius 2 is 1.67 bits per heavy atom. The molecule has 0 amide bonds. The molecule has 1 heterocycles. The number of aromatic nitrogens is 1. The van der Waals surface area contributed by atoms with Gasteiger partial charge in [-0.1, -0.05) is 0 Å². The van der Waals surface area contributed by atoms with E-state index in [1.54, 1.807) is 14.4 Å². The second kappa shape index (κ2) is 6.59. The minimum absolute atomic E-state index is 0. The summed E-state index contributed by atoms with van der Waals surface area (Å²) in [6.07, 6.45) is 2.04. The third-order valence-electron chi connectivity index (χ3n) is 3.92. The van der Waals surface area contributed by atoms with Gasteiger partial charge >= 0.3 is 110 Å². The molecule has 0 radical (unpaired) electrons. The van der Waals surface area contributed by atoms with E-state index in [2.05, 4.69) is 51.7 Å². The van der Waals surface area contributed by atoms with Crippen LogP contribution in [0.25, 0.3) is 0 Å². The first-order valence-corrected chi connectivity index (χ1v) is 8.20. The quantitative estimate of drug-likeness (QED) is 0.592. The summed E-state index contributed by atoms with van der Waals surface area (Å²) in [5.41, 5.74) is 4.94. The smallest absolute Gasteiger partial charge is 1.00 e. The van der Waals surface area contributed by atoms with Crippen LogP contribution in [0.5, 0.6) is 0 Å². The maximum atomic E-state index is 3.37. The zero-order chi connectivity index (χ0) is 11.9. The van der Waals surface area contributed by atoms with Gasteiger partial charge in [0.05, 0.1) is 0 Å². The van der Waals surface area contributed by atoms with E-state index >= 15 is 0 Å². The van der Waals surface area contributed by atoms with Gasteiger partial charge in [0, 0.05) is 0 Å². The van der Waals surface area contributed by atoms with Crippen molar-refractivity contribution >= 4 is 3.40 Å². The zero-order valence-electron chi connectivity index (χ0n) is 11.5. The van der Waals surface area contributed by atoms with Crippen LogP contribution in [0.15, 0.2) is 38.3 Å². The molecule has 0 fully saturated rings. The molecule has 98 valence electrons. The fourth-order valence-electron chi connectivity index (χ4n) is 2.39. The molecule has 0 bridgehead atoms. The van der Waals surface area contributed by atoms with Crippen molar-refractivity contribution in [2.75, 3.05) is 0 Å². The number of aromatic amines is 1. The van der Waals surface area contributed by atoms with E-state index < -0.39 is 23.2 Å². The Balaban J connectivity index is 0.00000144. The summed E-state index contributed by atoms with van der Waals surface area (Å²) in [7, 11) is 0. The largest absolute Gasteiger partial charge is 1.00 e. The summed E-state index contributed by atoms with van der Waals surface area (Å²) in [6.45, 7) is 11.6. The van der Waals surface area contributed by atoms with Crippen molar-refractivity contribution in [3.8, 4) is 0 Å². The molecule has 0 unspecified atom stereocenters. The molecule has 2 rings (SSSR count). The van der Waals surface area contributed by atoms with Gasteiger partial charge in [0.15, 0.2) is 0 Å². The van der Waals surface area contributed by atoms with Gasteiger partial charge in [-0.05, 0) is 0 Å². The van der Waals surface area contributed by atoms with Crippen LogP contribution in [0, 0.1) is 5.41 Å². The van der Waals surface area contributed by atoms with E-state index in [0.717, 1.165) is 0 Å². The third-order valence-corrected chi connectivity index (χ3v) is 8.42. The predicted octanol–water partition coefficient (Wildman–Crippen LogP) is -2.62. The second-order valence-electron chi connectivity index (χ2n) is 5.08. The number of allylic oxidation sites excluding steroid dienone is 4. The van der Waals surface area contributed by atoms with Crippen LogP contribution in [-0.4, -0.2) is 4.98 Å². The summed E-state index contributed by atoms with van der Waals surface area (Å²) >= 11 is -0.632.